The molecular weight excluding hydrogens is 1380 g/mol. The second-order valence-electron chi connectivity index (χ2n) is 31.7. The van der Waals surface area contributed by atoms with Crippen molar-refractivity contribution in [1.29, 1.82) is 0 Å². The molecule has 0 amide bonds. The van der Waals surface area contributed by atoms with Crippen molar-refractivity contribution in [2.75, 3.05) is 9.80 Å². The summed E-state index contributed by atoms with van der Waals surface area (Å²) in [6.45, 7) is 9.48. The molecule has 22 rings (SSSR count). The van der Waals surface area contributed by atoms with Gasteiger partial charge in [0.05, 0.1) is 28.4 Å². The number of furan rings is 2. The molecule has 2 heterocycles. The Kier molecular flexibility index (Phi) is 15.3. The quantitative estimate of drug-likeness (QED) is 0.115. The van der Waals surface area contributed by atoms with Gasteiger partial charge in [-0.25, -0.2) is 0 Å². The lowest BCUT2D eigenvalue weighted by molar-refractivity contribution is 0.660. The van der Waals surface area contributed by atoms with Crippen molar-refractivity contribution in [3.05, 3.63) is 411 Å². The molecule has 0 N–H and O–H groups in total. The summed E-state index contributed by atoms with van der Waals surface area (Å²) < 4.78 is 14.5. The van der Waals surface area contributed by atoms with E-state index >= 15 is 0 Å². The third-order valence-corrected chi connectivity index (χ3v) is 24.7. The average Bonchev–Trinajstić information content (AvgIpc) is 1.50. The Bertz CT molecular complexity index is 7350. The summed E-state index contributed by atoms with van der Waals surface area (Å²) in [6.07, 6.45) is 0. The number of hydrogen-bond acceptors (Lipinski definition) is 4. The van der Waals surface area contributed by atoms with Crippen molar-refractivity contribution in [1.82, 2.24) is 0 Å². The first kappa shape index (κ1) is 66.6. The highest BCUT2D eigenvalue weighted by Gasteiger charge is 2.40. The van der Waals surface area contributed by atoms with Crippen LogP contribution in [0.5, 0.6) is 0 Å². The molecule has 114 heavy (non-hydrogen) atoms. The number of benzene rings is 18. The first-order valence-corrected chi connectivity index (χ1v) is 39.6. The molecule has 0 saturated heterocycles. The highest BCUT2D eigenvalue weighted by molar-refractivity contribution is 6.14. The molecule has 0 spiro atoms. The summed E-state index contributed by atoms with van der Waals surface area (Å²) in [5, 5.41) is 9.02. The fourth-order valence-corrected chi connectivity index (χ4v) is 19.2. The zero-order valence-corrected chi connectivity index (χ0v) is 63.7. The van der Waals surface area contributed by atoms with Crippen LogP contribution in [0.3, 0.4) is 0 Å². The van der Waals surface area contributed by atoms with Crippen molar-refractivity contribution in [3.63, 3.8) is 0 Å². The molecule has 20 aromatic rings. The van der Waals surface area contributed by atoms with Crippen molar-refractivity contribution >= 4 is 99.5 Å². The summed E-state index contributed by atoms with van der Waals surface area (Å²) in [4.78, 5) is 5.04. The van der Waals surface area contributed by atoms with E-state index in [9.17, 15) is 0 Å². The van der Waals surface area contributed by atoms with E-state index in [1.807, 2.05) is 0 Å². The van der Waals surface area contributed by atoms with Gasteiger partial charge in [0.2, 0.25) is 0 Å². The molecule has 0 unspecified atom stereocenters. The van der Waals surface area contributed by atoms with Gasteiger partial charge in [-0.05, 0) is 178 Å². The van der Waals surface area contributed by atoms with Crippen molar-refractivity contribution in [3.8, 4) is 100 Å². The molecule has 4 nitrogen and oxygen atoms in total. The number of para-hydroxylation sites is 7. The van der Waals surface area contributed by atoms with Gasteiger partial charge in [0.15, 0.2) is 0 Å². The fraction of sp³-hybridized carbons (Fsp3) is 0.0545. The van der Waals surface area contributed by atoms with Crippen LogP contribution in [0.2, 0.25) is 0 Å². The topological polar surface area (TPSA) is 32.8 Å². The Morgan fingerprint density at radius 1 is 0.202 bits per heavy atom. The Hall–Kier alpha value is -14.3. The largest absolute Gasteiger partial charge is 0.455 e. The maximum Gasteiger partial charge on any atom is 0.143 e. The minimum atomic E-state index is -0.212. The number of rotatable bonds is 13. The Morgan fingerprint density at radius 3 is 1.15 bits per heavy atom. The molecule has 0 radical (unpaired) electrons. The van der Waals surface area contributed by atoms with Crippen molar-refractivity contribution in [2.45, 2.75) is 38.5 Å². The second kappa shape index (κ2) is 26.2. The summed E-state index contributed by atoms with van der Waals surface area (Å²) in [5.41, 5.74) is 34.8. The van der Waals surface area contributed by atoms with Crippen molar-refractivity contribution in [2.24, 2.45) is 0 Å². The van der Waals surface area contributed by atoms with Gasteiger partial charge < -0.3 is 18.6 Å². The first-order chi connectivity index (χ1) is 56.1. The minimum Gasteiger partial charge on any atom is -0.455 e. The van der Waals surface area contributed by atoms with Crippen LogP contribution >= 0.6 is 0 Å². The maximum absolute atomic E-state index is 7.53. The first-order valence-electron chi connectivity index (χ1n) is 39.6. The Labute approximate surface area is 663 Å². The molecule has 0 fully saturated rings. The summed E-state index contributed by atoms with van der Waals surface area (Å²) in [5.74, 6) is 0. The average molecular weight is 1460 g/mol. The predicted octanol–water partition coefficient (Wildman–Crippen LogP) is 31.0. The molecule has 2 aliphatic rings. The van der Waals surface area contributed by atoms with Gasteiger partial charge in [0.1, 0.15) is 22.3 Å². The molecule has 0 bridgehead atoms. The van der Waals surface area contributed by atoms with E-state index in [0.29, 0.717) is 0 Å². The Morgan fingerprint density at radius 2 is 0.570 bits per heavy atom. The van der Waals surface area contributed by atoms with E-state index in [4.69, 9.17) is 8.83 Å². The number of nitrogens with zero attached hydrogens (tertiary/aromatic N) is 2. The second-order valence-corrected chi connectivity index (χ2v) is 31.7. The monoisotopic (exact) mass is 1460 g/mol. The van der Waals surface area contributed by atoms with Crippen LogP contribution in [0.4, 0.5) is 34.1 Å². The molecule has 18 aromatic carbocycles. The van der Waals surface area contributed by atoms with Gasteiger partial charge >= 0.3 is 0 Å². The van der Waals surface area contributed by atoms with Gasteiger partial charge in [-0.2, -0.15) is 0 Å². The highest BCUT2D eigenvalue weighted by atomic mass is 16.3. The molecule has 4 heteroatoms. The predicted molar refractivity (Wildman–Crippen MR) is 479 cm³/mol. The summed E-state index contributed by atoms with van der Waals surface area (Å²) >= 11 is 0. The van der Waals surface area contributed by atoms with Gasteiger partial charge in [0.25, 0.3) is 0 Å². The highest BCUT2D eigenvalue weighted by Crippen LogP contribution is 2.58. The van der Waals surface area contributed by atoms with Crippen LogP contribution in [0.25, 0.3) is 166 Å². The van der Waals surface area contributed by atoms with Crippen LogP contribution in [0, 0.1) is 0 Å². The lowest BCUT2D eigenvalue weighted by atomic mass is 9.82. The van der Waals surface area contributed by atoms with Crippen LogP contribution in [0.1, 0.15) is 49.9 Å². The normalized spacial score (nSPS) is 13.1. The van der Waals surface area contributed by atoms with Gasteiger partial charge in [-0.1, -0.05) is 343 Å². The molecule has 538 valence electrons. The van der Waals surface area contributed by atoms with Crippen LogP contribution in [-0.2, 0) is 10.8 Å². The molecular formula is C110H76N2O2. The van der Waals surface area contributed by atoms with E-state index in [1.165, 1.54) is 77.2 Å². The smallest absolute Gasteiger partial charge is 0.143 e. The zero-order valence-electron chi connectivity index (χ0n) is 63.7. The van der Waals surface area contributed by atoms with Crippen LogP contribution in [0.15, 0.2) is 397 Å². The van der Waals surface area contributed by atoms with Crippen molar-refractivity contribution < 1.29 is 8.83 Å². The molecule has 2 aliphatic carbocycles. The summed E-state index contributed by atoms with van der Waals surface area (Å²) in [7, 11) is 0. The minimum absolute atomic E-state index is 0.180. The molecule has 0 saturated carbocycles. The number of hydrogen-bond donors (Lipinski definition) is 0. The van der Waals surface area contributed by atoms with E-state index in [2.05, 4.69) is 426 Å². The van der Waals surface area contributed by atoms with E-state index in [0.717, 1.165) is 145 Å². The summed E-state index contributed by atoms with van der Waals surface area (Å²) in [6, 6.07) is 143. The third-order valence-electron chi connectivity index (χ3n) is 24.7. The lowest BCUT2D eigenvalue weighted by Crippen LogP contribution is -2.15. The lowest BCUT2D eigenvalue weighted by Gasteiger charge is -2.32. The van der Waals surface area contributed by atoms with Gasteiger partial charge in [-0.15, -0.1) is 0 Å². The molecule has 2 aromatic heterocycles. The van der Waals surface area contributed by atoms with Crippen LogP contribution in [-0.4, -0.2) is 0 Å². The maximum atomic E-state index is 7.53. The van der Waals surface area contributed by atoms with Gasteiger partial charge in [-0.3, -0.25) is 0 Å². The van der Waals surface area contributed by atoms with E-state index in [1.54, 1.807) is 0 Å². The molecule has 0 aliphatic heterocycles. The van der Waals surface area contributed by atoms with Crippen LogP contribution < -0.4 is 9.80 Å². The molecule has 0 atom stereocenters. The fourth-order valence-electron chi connectivity index (χ4n) is 19.2. The number of anilines is 6. The Balaban J connectivity index is 0.739. The van der Waals surface area contributed by atoms with E-state index in [-0.39, 0.29) is 10.8 Å². The van der Waals surface area contributed by atoms with Gasteiger partial charge in [0, 0.05) is 77.0 Å². The standard InChI is InChI=1S/C110H76N2O2/c1-109(2)94-47-16-9-39-92(94)105-86(41-26-49-96(105)109)80-34-11-18-51-98(80)111(78-33-23-32-73(66-78)74-58-56-69-28-5-7-30-71(69)64-74)99-52-19-13-36-82(99)88-43-25-46-91-85-63-61-76(68-104(85)114-108(88)91)75-60-62-79(77-59-57-70-29-6-8-31-72(70)65-77)102(67-75)112(101-54-21-14-37-83(101)89-44-24-45-90-84-38-15-22-55-103(84)113-107(89)90)100-53-20-12-35-81(100)87-42-27-50-97-106(87)93-40-10-17-48-95(93)110(97,3)4/h5-68H,1-4H3. The number of fused-ring (bicyclic) bond motifs is 14. The SMILES string of the molecule is CC1(C)c2ccccc2-c2c(-c3ccccc3N(c3cccc(-c4ccc5ccccc5c4)c3)c3ccccc3-c3cccc4c3oc3cc(-c5ccc(-c6ccc7ccccc7c6)c(N(c6ccccc6-c6cccc7c6-c6ccccc6C7(C)C)c6ccccc6-c6cccc7c6oc6ccccc67)c5)ccc34)cccc21. The van der Waals surface area contributed by atoms with E-state index < -0.39 is 0 Å². The zero-order chi connectivity index (χ0) is 75.9. The third kappa shape index (κ3) is 10.5.